The zero-order chi connectivity index (χ0) is 25.8. The molecule has 1 N–H and O–H groups in total. The van der Waals surface area contributed by atoms with Gasteiger partial charge in [-0.25, -0.2) is 9.59 Å². The third-order valence-corrected chi connectivity index (χ3v) is 8.20. The van der Waals surface area contributed by atoms with Gasteiger partial charge < -0.3 is 33.5 Å². The number of carboxylic acid groups (broad SMARTS) is 1. The molecule has 1 saturated carbocycles. The Bertz CT molecular complexity index is 1130. The summed E-state index contributed by atoms with van der Waals surface area (Å²) in [6.45, 7) is 7.65. The van der Waals surface area contributed by atoms with Crippen molar-refractivity contribution in [3.8, 4) is 0 Å². The van der Waals surface area contributed by atoms with E-state index in [0.717, 1.165) is 12.8 Å². The van der Waals surface area contributed by atoms with Crippen molar-refractivity contribution in [2.75, 3.05) is 26.8 Å². The van der Waals surface area contributed by atoms with Gasteiger partial charge >= 0.3 is 12.1 Å². The van der Waals surface area contributed by atoms with Crippen LogP contribution in [0, 0.1) is 5.92 Å². The first-order valence-corrected chi connectivity index (χ1v) is 12.5. The van der Waals surface area contributed by atoms with Gasteiger partial charge in [0.2, 0.25) is 0 Å². The number of hydrogen-bond donors (Lipinski definition) is 1. The lowest BCUT2D eigenvalue weighted by atomic mass is 9.68. The maximum Gasteiger partial charge on any atom is 0.410 e. The van der Waals surface area contributed by atoms with Crippen molar-refractivity contribution < 1.29 is 33.6 Å². The van der Waals surface area contributed by atoms with E-state index in [2.05, 4.69) is 26.8 Å². The first kappa shape index (κ1) is 25.0. The highest BCUT2D eigenvalue weighted by molar-refractivity contribution is 5.87. The second-order valence-electron chi connectivity index (χ2n) is 10.8. The van der Waals surface area contributed by atoms with Gasteiger partial charge in [-0.05, 0) is 40.0 Å². The Hall–Kier alpha value is -2.69. The summed E-state index contributed by atoms with van der Waals surface area (Å²) < 4.78 is 25.7. The zero-order valence-electron chi connectivity index (χ0n) is 21.1. The summed E-state index contributed by atoms with van der Waals surface area (Å²) in [5.41, 5.74) is -0.266. The van der Waals surface area contributed by atoms with Gasteiger partial charge in [0, 0.05) is 38.7 Å². The standard InChI is InChI=1S/C26H34N2O8/c1-15(2)5-6-20-25(3,36-20)22-21(33-4)19(7-9-26(22)14-34-26)35-24(32)28-11-16(12-28)27-10-8-18(29)17(13-27)23(30)31/h5,8,10,13,16,19-22H,6-7,9,11-12,14H2,1-4H3,(H,30,31)/t19-,20?,21-,22-,25+,26+/m1/s1. The molecule has 5 rings (SSSR count). The van der Waals surface area contributed by atoms with Crippen LogP contribution in [0.15, 0.2) is 34.9 Å². The van der Waals surface area contributed by atoms with Gasteiger partial charge in [0.15, 0.2) is 5.43 Å². The van der Waals surface area contributed by atoms with Crippen molar-refractivity contribution in [2.45, 2.75) is 75.6 Å². The summed E-state index contributed by atoms with van der Waals surface area (Å²) >= 11 is 0. The summed E-state index contributed by atoms with van der Waals surface area (Å²) in [5, 5.41) is 9.20. The number of likely N-dealkylation sites (tertiary alicyclic amines) is 1. The number of hydrogen-bond acceptors (Lipinski definition) is 7. The van der Waals surface area contributed by atoms with Crippen LogP contribution in [-0.2, 0) is 18.9 Å². The number of carboxylic acids is 1. The lowest BCUT2D eigenvalue weighted by molar-refractivity contribution is -0.124. The number of nitrogens with zero attached hydrogens (tertiary/aromatic N) is 2. The molecule has 1 spiro atoms. The number of rotatable bonds is 7. The molecule has 10 heteroatoms. The minimum atomic E-state index is -1.27. The number of epoxide rings is 2. The molecule has 1 unspecified atom stereocenters. The van der Waals surface area contributed by atoms with Crippen LogP contribution in [0.3, 0.4) is 0 Å². The minimum absolute atomic E-state index is 0.0446. The van der Waals surface area contributed by atoms with Crippen molar-refractivity contribution in [1.82, 2.24) is 9.47 Å². The molecule has 6 atom stereocenters. The number of amides is 1. The first-order chi connectivity index (χ1) is 17.1. The molecule has 0 radical (unpaired) electrons. The molecular formula is C26H34N2O8. The van der Waals surface area contributed by atoms with Gasteiger partial charge in [-0.1, -0.05) is 11.6 Å². The van der Waals surface area contributed by atoms with Crippen LogP contribution in [0.25, 0.3) is 0 Å². The highest BCUT2D eigenvalue weighted by Gasteiger charge is 2.72. The average Bonchev–Trinajstić information content (AvgIpc) is 3.70. The number of aromatic carboxylic acids is 1. The summed E-state index contributed by atoms with van der Waals surface area (Å²) in [6.07, 6.45) is 6.20. The maximum atomic E-state index is 13.0. The molecule has 10 nitrogen and oxygen atoms in total. The molecule has 1 aromatic rings. The number of aromatic nitrogens is 1. The van der Waals surface area contributed by atoms with E-state index in [9.17, 15) is 19.5 Å². The van der Waals surface area contributed by atoms with Crippen LogP contribution in [0.1, 0.15) is 56.4 Å². The molecule has 0 aromatic carbocycles. The summed E-state index contributed by atoms with van der Waals surface area (Å²) in [4.78, 5) is 37.5. The molecule has 4 fully saturated rings. The number of allylic oxidation sites excluding steroid dienone is 1. The molecule has 0 bridgehead atoms. The van der Waals surface area contributed by atoms with Gasteiger partial charge in [-0.3, -0.25) is 4.79 Å². The Morgan fingerprint density at radius 3 is 2.64 bits per heavy atom. The summed E-state index contributed by atoms with van der Waals surface area (Å²) in [7, 11) is 1.65. The fourth-order valence-electron chi connectivity index (χ4n) is 5.95. The number of carbonyl (C=O) groups is 2. The van der Waals surface area contributed by atoms with E-state index in [-0.39, 0.29) is 35.3 Å². The average molecular weight is 503 g/mol. The third kappa shape index (κ3) is 4.35. The number of ether oxygens (including phenoxy) is 4. The first-order valence-electron chi connectivity index (χ1n) is 12.5. The Kier molecular flexibility index (Phi) is 6.25. The smallest absolute Gasteiger partial charge is 0.410 e. The molecule has 196 valence electrons. The quantitative estimate of drug-likeness (QED) is 0.446. The highest BCUT2D eigenvalue weighted by Crippen LogP contribution is 2.59. The van der Waals surface area contributed by atoms with E-state index in [1.807, 2.05) is 0 Å². The van der Waals surface area contributed by atoms with E-state index < -0.39 is 29.2 Å². The normalized spacial score (nSPS) is 35.2. The molecule has 36 heavy (non-hydrogen) atoms. The van der Waals surface area contributed by atoms with Crippen molar-refractivity contribution in [3.63, 3.8) is 0 Å². The lowest BCUT2D eigenvalue weighted by Crippen LogP contribution is -2.57. The Labute approximate surface area is 209 Å². The summed E-state index contributed by atoms with van der Waals surface area (Å²) in [5.74, 6) is -1.31. The van der Waals surface area contributed by atoms with Crippen LogP contribution in [-0.4, -0.2) is 83.0 Å². The molecule has 1 aromatic heterocycles. The second kappa shape index (κ2) is 9.00. The lowest BCUT2D eigenvalue weighted by Gasteiger charge is -2.44. The largest absolute Gasteiger partial charge is 0.477 e. The minimum Gasteiger partial charge on any atom is -0.477 e. The molecule has 1 aliphatic carbocycles. The van der Waals surface area contributed by atoms with Crippen molar-refractivity contribution >= 4 is 12.1 Å². The van der Waals surface area contributed by atoms with E-state index in [4.69, 9.17) is 18.9 Å². The fraction of sp³-hybridized carbons (Fsp3) is 0.654. The van der Waals surface area contributed by atoms with Crippen molar-refractivity contribution in [3.05, 3.63) is 45.9 Å². The van der Waals surface area contributed by atoms with Crippen LogP contribution in [0.2, 0.25) is 0 Å². The zero-order valence-corrected chi connectivity index (χ0v) is 21.1. The number of carbonyl (C=O) groups excluding carboxylic acids is 1. The van der Waals surface area contributed by atoms with Crippen LogP contribution in [0.4, 0.5) is 4.79 Å². The second-order valence-corrected chi connectivity index (χ2v) is 10.8. The predicted molar refractivity (Wildman–Crippen MR) is 128 cm³/mol. The fourth-order valence-corrected chi connectivity index (χ4v) is 5.95. The van der Waals surface area contributed by atoms with Crippen LogP contribution >= 0.6 is 0 Å². The maximum absolute atomic E-state index is 13.0. The molecule has 3 aliphatic heterocycles. The van der Waals surface area contributed by atoms with Gasteiger partial charge in [-0.15, -0.1) is 0 Å². The van der Waals surface area contributed by atoms with E-state index in [1.165, 1.54) is 17.8 Å². The summed E-state index contributed by atoms with van der Waals surface area (Å²) in [6, 6.07) is 1.11. The molecule has 4 aliphatic rings. The Morgan fingerprint density at radius 1 is 1.31 bits per heavy atom. The van der Waals surface area contributed by atoms with Crippen LogP contribution in [0.5, 0.6) is 0 Å². The van der Waals surface area contributed by atoms with Gasteiger partial charge in [0.25, 0.3) is 0 Å². The number of methoxy groups -OCH3 is 1. The van der Waals surface area contributed by atoms with E-state index >= 15 is 0 Å². The molecular weight excluding hydrogens is 468 g/mol. The topological polar surface area (TPSA) is 123 Å². The molecule has 3 saturated heterocycles. The van der Waals surface area contributed by atoms with Crippen molar-refractivity contribution in [1.29, 1.82) is 0 Å². The van der Waals surface area contributed by atoms with Crippen LogP contribution < -0.4 is 5.43 Å². The van der Waals surface area contributed by atoms with Gasteiger partial charge in [0.05, 0.1) is 24.7 Å². The third-order valence-electron chi connectivity index (χ3n) is 8.20. The van der Waals surface area contributed by atoms with Gasteiger partial charge in [-0.2, -0.15) is 0 Å². The van der Waals surface area contributed by atoms with E-state index in [0.29, 0.717) is 26.1 Å². The molecule has 1 amide bonds. The Morgan fingerprint density at radius 2 is 2.03 bits per heavy atom. The highest BCUT2D eigenvalue weighted by atomic mass is 16.6. The molecule has 4 heterocycles. The van der Waals surface area contributed by atoms with E-state index in [1.54, 1.807) is 22.8 Å². The predicted octanol–water partition coefficient (Wildman–Crippen LogP) is 2.62. The van der Waals surface area contributed by atoms with Crippen molar-refractivity contribution in [2.24, 2.45) is 5.92 Å². The number of pyridine rings is 1. The monoisotopic (exact) mass is 502 g/mol. The SMILES string of the molecule is CO[C@@H]1[C@H](OC(=O)N2CC(n3ccc(=O)c(C(=O)O)c3)C2)CC[C@]2(CO2)[C@H]1[C@@]1(C)OC1CC=C(C)C. The van der Waals surface area contributed by atoms with Gasteiger partial charge in [0.1, 0.15) is 29.0 Å². The Balaban J connectivity index is 1.23.